The molecule has 0 saturated carbocycles. The summed E-state index contributed by atoms with van der Waals surface area (Å²) in [5.74, 6) is 0.681. The highest BCUT2D eigenvalue weighted by Crippen LogP contribution is 2.45. The van der Waals surface area contributed by atoms with E-state index in [0.29, 0.717) is 0 Å². The fourth-order valence-corrected chi connectivity index (χ4v) is 5.87. The molecule has 0 heterocycles. The fourth-order valence-electron chi connectivity index (χ4n) is 5.06. The number of phosphoric acid groups is 1. The Morgan fingerprint density at radius 2 is 0.745 bits per heavy atom. The molecular formula is C40H31O6P. The summed E-state index contributed by atoms with van der Waals surface area (Å²) >= 11 is 0. The molecule has 0 aliphatic carbocycles. The summed E-state index contributed by atoms with van der Waals surface area (Å²) in [5.41, 5.74) is 7.30. The smallest absolute Gasteiger partial charge is 0.508 e. The maximum Gasteiger partial charge on any atom is 0.584 e. The Hall–Kier alpha value is -5.81. The Balaban J connectivity index is 1.19. The number of aromatic hydroxyl groups is 2. The second-order valence-electron chi connectivity index (χ2n) is 10.7. The lowest BCUT2D eigenvalue weighted by Gasteiger charge is -2.15. The molecule has 0 radical (unpaired) electrons. The van der Waals surface area contributed by atoms with Crippen LogP contribution in [0.4, 0.5) is 0 Å². The molecule has 7 heteroatoms. The number of hydrogen-bond acceptors (Lipinski definition) is 5. The number of hydrogen-bond donors (Lipinski definition) is 3. The molecule has 0 aromatic heterocycles. The van der Waals surface area contributed by atoms with Gasteiger partial charge in [0.15, 0.2) is 0 Å². The van der Waals surface area contributed by atoms with Gasteiger partial charge in [-0.25, -0.2) is 4.57 Å². The van der Waals surface area contributed by atoms with Crippen molar-refractivity contribution in [3.63, 3.8) is 0 Å². The molecule has 0 aliphatic rings. The lowest BCUT2D eigenvalue weighted by molar-refractivity contribution is 0.291. The Bertz CT molecular complexity index is 1890. The van der Waals surface area contributed by atoms with Gasteiger partial charge >= 0.3 is 7.82 Å². The van der Waals surface area contributed by atoms with Gasteiger partial charge in [-0.15, -0.1) is 0 Å². The van der Waals surface area contributed by atoms with Gasteiger partial charge in [0, 0.05) is 0 Å². The monoisotopic (exact) mass is 638 g/mol. The molecule has 3 N–H and O–H groups in total. The summed E-state index contributed by atoms with van der Waals surface area (Å²) in [5, 5.41) is 19.6. The van der Waals surface area contributed by atoms with Crippen molar-refractivity contribution in [1.29, 1.82) is 0 Å². The van der Waals surface area contributed by atoms with Gasteiger partial charge in [0.1, 0.15) is 23.0 Å². The molecule has 0 saturated heterocycles. The largest absolute Gasteiger partial charge is 0.584 e. The van der Waals surface area contributed by atoms with Crippen LogP contribution < -0.4 is 9.05 Å². The van der Waals surface area contributed by atoms with Crippen LogP contribution in [0.5, 0.6) is 23.0 Å². The van der Waals surface area contributed by atoms with Gasteiger partial charge in [-0.3, -0.25) is 4.89 Å². The van der Waals surface area contributed by atoms with Gasteiger partial charge in [0.25, 0.3) is 0 Å². The Morgan fingerprint density at radius 1 is 0.447 bits per heavy atom. The standard InChI is InChI=1S/C40H31O6P/c41-35-19-11-31(12-20-35)39(27-29-7-3-1-4-8-29)33-15-23-37(24-16-33)45-47(43,44)46-38-25-17-34(18-26-38)40(28-30-9-5-2-6-10-30)32-13-21-36(42)22-14-32/h1-28,41-42H,(H,43,44). The molecule has 47 heavy (non-hydrogen) atoms. The molecule has 6 rings (SSSR count). The summed E-state index contributed by atoms with van der Waals surface area (Å²) in [6.45, 7) is 0. The molecule has 0 atom stereocenters. The number of phosphoric ester groups is 1. The van der Waals surface area contributed by atoms with E-state index in [-0.39, 0.29) is 23.0 Å². The fraction of sp³-hybridized carbons (Fsp3) is 0. The minimum absolute atomic E-state index is 0.168. The van der Waals surface area contributed by atoms with Crippen molar-refractivity contribution in [2.45, 2.75) is 0 Å². The summed E-state index contributed by atoms with van der Waals surface area (Å²) in [6.07, 6.45) is 4.07. The van der Waals surface area contributed by atoms with Crippen LogP contribution in [-0.2, 0) is 4.57 Å². The molecule has 0 aliphatic heterocycles. The minimum Gasteiger partial charge on any atom is -0.508 e. The van der Waals surface area contributed by atoms with E-state index in [9.17, 15) is 19.7 Å². The van der Waals surface area contributed by atoms with Gasteiger partial charge in [-0.1, -0.05) is 109 Å². The lowest BCUT2D eigenvalue weighted by Crippen LogP contribution is -2.00. The van der Waals surface area contributed by atoms with E-state index >= 15 is 0 Å². The summed E-state index contributed by atoms with van der Waals surface area (Å²) < 4.78 is 23.9. The van der Waals surface area contributed by atoms with Crippen LogP contribution in [0.1, 0.15) is 33.4 Å². The first-order chi connectivity index (χ1) is 22.8. The van der Waals surface area contributed by atoms with E-state index in [2.05, 4.69) is 0 Å². The Kier molecular flexibility index (Phi) is 9.35. The van der Waals surface area contributed by atoms with Crippen LogP contribution in [0, 0.1) is 0 Å². The second-order valence-corrected chi connectivity index (χ2v) is 12.0. The van der Waals surface area contributed by atoms with Crippen molar-refractivity contribution >= 4 is 31.1 Å². The van der Waals surface area contributed by atoms with Gasteiger partial charge in [0.2, 0.25) is 0 Å². The van der Waals surface area contributed by atoms with E-state index < -0.39 is 7.82 Å². The van der Waals surface area contributed by atoms with Crippen LogP contribution in [0.2, 0.25) is 0 Å². The Morgan fingerprint density at radius 3 is 1.06 bits per heavy atom. The third-order valence-electron chi connectivity index (χ3n) is 7.35. The molecule has 0 spiro atoms. The van der Waals surface area contributed by atoms with Crippen molar-refractivity contribution in [2.75, 3.05) is 0 Å². The van der Waals surface area contributed by atoms with Crippen molar-refractivity contribution in [3.8, 4) is 23.0 Å². The molecule has 6 aromatic carbocycles. The number of phenols is 2. The predicted molar refractivity (Wildman–Crippen MR) is 187 cm³/mol. The van der Waals surface area contributed by atoms with Crippen molar-refractivity contribution in [2.24, 2.45) is 0 Å². The zero-order valence-corrected chi connectivity index (χ0v) is 26.1. The molecule has 0 fully saturated rings. The lowest BCUT2D eigenvalue weighted by atomic mass is 9.95. The van der Waals surface area contributed by atoms with Crippen LogP contribution in [-0.4, -0.2) is 15.1 Å². The predicted octanol–water partition coefficient (Wildman–Crippen LogP) is 9.83. The molecule has 0 amide bonds. The molecular weight excluding hydrogens is 607 g/mol. The quantitative estimate of drug-likeness (QED) is 0.102. The van der Waals surface area contributed by atoms with E-state index in [1.807, 2.05) is 97.1 Å². The topological polar surface area (TPSA) is 96.2 Å². The van der Waals surface area contributed by atoms with E-state index in [4.69, 9.17) is 9.05 Å². The third kappa shape index (κ3) is 8.27. The molecule has 6 aromatic rings. The SMILES string of the molecule is O=P(O)(Oc1ccc(C(=Cc2ccccc2)c2ccc(O)cc2)cc1)Oc1ccc(C(=Cc2ccccc2)c2ccc(O)cc2)cc1. The van der Waals surface area contributed by atoms with Crippen LogP contribution in [0.25, 0.3) is 23.3 Å². The minimum atomic E-state index is -4.54. The van der Waals surface area contributed by atoms with Crippen molar-refractivity contribution < 1.29 is 28.7 Å². The number of benzene rings is 6. The number of rotatable bonds is 10. The first-order valence-electron chi connectivity index (χ1n) is 14.9. The second kappa shape index (κ2) is 14.1. The normalized spacial score (nSPS) is 13.0. The van der Waals surface area contributed by atoms with E-state index in [1.54, 1.807) is 72.8 Å². The van der Waals surface area contributed by atoms with Crippen LogP contribution >= 0.6 is 7.82 Å². The van der Waals surface area contributed by atoms with Crippen molar-refractivity contribution in [3.05, 3.63) is 191 Å². The zero-order chi connectivity index (χ0) is 32.6. The molecule has 0 bridgehead atoms. The average Bonchev–Trinajstić information content (AvgIpc) is 3.09. The summed E-state index contributed by atoms with van der Waals surface area (Å²) in [4.78, 5) is 10.6. The van der Waals surface area contributed by atoms with E-state index in [1.165, 1.54) is 0 Å². The first-order valence-corrected chi connectivity index (χ1v) is 16.4. The maximum absolute atomic E-state index is 13.0. The highest BCUT2D eigenvalue weighted by Gasteiger charge is 2.25. The third-order valence-corrected chi connectivity index (χ3v) is 8.23. The summed E-state index contributed by atoms with van der Waals surface area (Å²) in [6, 6.07) is 47.2. The molecule has 0 unspecified atom stereocenters. The highest BCUT2D eigenvalue weighted by atomic mass is 31.2. The van der Waals surface area contributed by atoms with Crippen molar-refractivity contribution in [1.82, 2.24) is 0 Å². The van der Waals surface area contributed by atoms with Gasteiger partial charge in [-0.05, 0) is 105 Å². The molecule has 6 nitrogen and oxygen atoms in total. The van der Waals surface area contributed by atoms with E-state index in [0.717, 1.165) is 44.5 Å². The average molecular weight is 639 g/mol. The van der Waals surface area contributed by atoms with Gasteiger partial charge in [-0.2, -0.15) is 0 Å². The number of phenolic OH excluding ortho intramolecular Hbond substituents is 2. The highest BCUT2D eigenvalue weighted by molar-refractivity contribution is 7.48. The van der Waals surface area contributed by atoms with Crippen LogP contribution in [0.15, 0.2) is 158 Å². The first kappa shape index (κ1) is 31.2. The maximum atomic E-state index is 13.0. The zero-order valence-electron chi connectivity index (χ0n) is 25.2. The van der Waals surface area contributed by atoms with Gasteiger partial charge < -0.3 is 19.3 Å². The molecule has 232 valence electrons. The van der Waals surface area contributed by atoms with Crippen LogP contribution in [0.3, 0.4) is 0 Å². The van der Waals surface area contributed by atoms with Gasteiger partial charge in [0.05, 0.1) is 0 Å². The Labute approximate surface area is 273 Å². The summed E-state index contributed by atoms with van der Waals surface area (Å²) in [7, 11) is -4.54.